The van der Waals surface area contributed by atoms with Crippen LogP contribution >= 0.6 is 38.9 Å². The molecule has 78 valence electrons. The number of thiophene rings is 1. The fourth-order valence-corrected chi connectivity index (χ4v) is 2.76. The van der Waals surface area contributed by atoms with Crippen molar-refractivity contribution in [1.82, 2.24) is 9.55 Å². The molecule has 0 aliphatic heterocycles. The van der Waals surface area contributed by atoms with Crippen molar-refractivity contribution in [3.8, 4) is 0 Å². The SMILES string of the molecule is O=c1c(Cl)nccn1Cc1cc(Br)cs1. The summed E-state index contributed by atoms with van der Waals surface area (Å²) in [6.07, 6.45) is 3.15. The third kappa shape index (κ3) is 2.48. The first-order chi connectivity index (χ1) is 7.16. The molecule has 0 saturated heterocycles. The van der Waals surface area contributed by atoms with E-state index in [9.17, 15) is 4.79 Å². The highest BCUT2D eigenvalue weighted by atomic mass is 79.9. The van der Waals surface area contributed by atoms with E-state index in [0.29, 0.717) is 6.54 Å². The van der Waals surface area contributed by atoms with Gasteiger partial charge in [0, 0.05) is 27.1 Å². The summed E-state index contributed by atoms with van der Waals surface area (Å²) < 4.78 is 2.56. The lowest BCUT2D eigenvalue weighted by Gasteiger charge is -2.02. The molecule has 6 heteroatoms. The molecule has 0 spiro atoms. The van der Waals surface area contributed by atoms with Gasteiger partial charge in [0.25, 0.3) is 5.56 Å². The highest BCUT2D eigenvalue weighted by Gasteiger charge is 2.03. The molecule has 0 saturated carbocycles. The van der Waals surface area contributed by atoms with Gasteiger partial charge in [0.15, 0.2) is 5.15 Å². The van der Waals surface area contributed by atoms with E-state index >= 15 is 0 Å². The molecule has 2 rings (SSSR count). The van der Waals surface area contributed by atoms with E-state index < -0.39 is 0 Å². The molecule has 0 atom stereocenters. The lowest BCUT2D eigenvalue weighted by Crippen LogP contribution is -2.20. The predicted molar refractivity (Wildman–Crippen MR) is 64.6 cm³/mol. The van der Waals surface area contributed by atoms with E-state index in [1.54, 1.807) is 17.5 Å². The molecule has 2 heterocycles. The van der Waals surface area contributed by atoms with Crippen molar-refractivity contribution in [1.29, 1.82) is 0 Å². The van der Waals surface area contributed by atoms with Gasteiger partial charge in [-0.1, -0.05) is 11.6 Å². The van der Waals surface area contributed by atoms with Crippen molar-refractivity contribution >= 4 is 38.9 Å². The summed E-state index contributed by atoms with van der Waals surface area (Å²) in [5.74, 6) is 0. The van der Waals surface area contributed by atoms with Gasteiger partial charge in [0.2, 0.25) is 0 Å². The van der Waals surface area contributed by atoms with Crippen LogP contribution in [0, 0.1) is 0 Å². The van der Waals surface area contributed by atoms with Crippen LogP contribution in [0.1, 0.15) is 4.88 Å². The van der Waals surface area contributed by atoms with Crippen LogP contribution in [0.2, 0.25) is 5.15 Å². The van der Waals surface area contributed by atoms with Crippen LogP contribution in [-0.2, 0) is 6.54 Å². The van der Waals surface area contributed by atoms with E-state index in [-0.39, 0.29) is 10.7 Å². The summed E-state index contributed by atoms with van der Waals surface area (Å²) in [5, 5.41) is 1.98. The van der Waals surface area contributed by atoms with E-state index in [1.807, 2.05) is 11.4 Å². The molecule has 0 aliphatic rings. The highest BCUT2D eigenvalue weighted by molar-refractivity contribution is 9.10. The van der Waals surface area contributed by atoms with Crippen LogP contribution in [0.25, 0.3) is 0 Å². The first-order valence-electron chi connectivity index (χ1n) is 4.10. The Balaban J connectivity index is 2.32. The van der Waals surface area contributed by atoms with Gasteiger partial charge in [0.1, 0.15) is 0 Å². The molecule has 0 unspecified atom stereocenters. The number of halogens is 2. The molecular formula is C9H6BrClN2OS. The molecule has 15 heavy (non-hydrogen) atoms. The lowest BCUT2D eigenvalue weighted by atomic mass is 10.4. The minimum atomic E-state index is -0.260. The molecule has 0 bridgehead atoms. The summed E-state index contributed by atoms with van der Waals surface area (Å²) in [6, 6.07) is 1.98. The standard InChI is InChI=1S/C9H6BrClN2OS/c10-6-3-7(15-5-6)4-13-2-1-12-8(11)9(13)14/h1-3,5H,4H2. The first kappa shape index (κ1) is 10.9. The van der Waals surface area contributed by atoms with Crippen LogP contribution in [0.4, 0.5) is 0 Å². The zero-order valence-corrected chi connectivity index (χ0v) is 10.6. The molecule has 3 nitrogen and oxygen atoms in total. The van der Waals surface area contributed by atoms with Crippen molar-refractivity contribution < 1.29 is 0 Å². The molecule has 0 amide bonds. The Bertz CT molecular complexity index is 537. The fraction of sp³-hybridized carbons (Fsp3) is 0.111. The molecule has 0 radical (unpaired) electrons. The molecule has 0 aromatic carbocycles. The van der Waals surface area contributed by atoms with E-state index in [2.05, 4.69) is 20.9 Å². The van der Waals surface area contributed by atoms with Gasteiger partial charge in [0.05, 0.1) is 6.54 Å². The number of hydrogen-bond acceptors (Lipinski definition) is 3. The van der Waals surface area contributed by atoms with E-state index in [4.69, 9.17) is 11.6 Å². The normalized spacial score (nSPS) is 10.5. The summed E-state index contributed by atoms with van der Waals surface area (Å²) >= 11 is 10.6. The second-order valence-corrected chi connectivity index (χ2v) is 5.15. The molecular weight excluding hydrogens is 300 g/mol. The summed E-state index contributed by atoms with van der Waals surface area (Å²) in [6.45, 7) is 0.525. The Kier molecular flexibility index (Phi) is 3.23. The number of aromatic nitrogens is 2. The fourth-order valence-electron chi connectivity index (χ4n) is 1.15. The van der Waals surface area contributed by atoms with Gasteiger partial charge in [-0.15, -0.1) is 11.3 Å². The monoisotopic (exact) mass is 304 g/mol. The first-order valence-corrected chi connectivity index (χ1v) is 6.16. The quantitative estimate of drug-likeness (QED) is 0.855. The Morgan fingerprint density at radius 1 is 1.60 bits per heavy atom. The maximum absolute atomic E-state index is 11.5. The van der Waals surface area contributed by atoms with Gasteiger partial charge >= 0.3 is 0 Å². The van der Waals surface area contributed by atoms with Crippen LogP contribution < -0.4 is 5.56 Å². The van der Waals surface area contributed by atoms with E-state index in [1.165, 1.54) is 10.8 Å². The number of hydrogen-bond donors (Lipinski definition) is 0. The maximum Gasteiger partial charge on any atom is 0.288 e. The predicted octanol–water partition coefficient (Wildman–Crippen LogP) is 2.77. The van der Waals surface area contributed by atoms with Crippen LogP contribution in [0.3, 0.4) is 0 Å². The summed E-state index contributed by atoms with van der Waals surface area (Å²) in [4.78, 5) is 16.3. The second kappa shape index (κ2) is 4.47. The number of rotatable bonds is 2. The molecule has 0 fully saturated rings. The minimum Gasteiger partial charge on any atom is -0.306 e. The third-order valence-electron chi connectivity index (χ3n) is 1.82. The van der Waals surface area contributed by atoms with Crippen LogP contribution in [0.15, 0.2) is 33.1 Å². The van der Waals surface area contributed by atoms with Crippen molar-refractivity contribution in [2.24, 2.45) is 0 Å². The van der Waals surface area contributed by atoms with Gasteiger partial charge in [-0.25, -0.2) is 4.98 Å². The van der Waals surface area contributed by atoms with Gasteiger partial charge in [-0.2, -0.15) is 0 Å². The Hall–Kier alpha value is -0.650. The van der Waals surface area contributed by atoms with Gasteiger partial charge in [-0.05, 0) is 22.0 Å². The summed E-state index contributed by atoms with van der Waals surface area (Å²) in [5.41, 5.74) is -0.260. The average Bonchev–Trinajstić information content (AvgIpc) is 2.59. The molecule has 0 N–H and O–H groups in total. The summed E-state index contributed by atoms with van der Waals surface area (Å²) in [7, 11) is 0. The molecule has 0 aliphatic carbocycles. The van der Waals surface area contributed by atoms with Crippen molar-refractivity contribution in [2.75, 3.05) is 0 Å². The van der Waals surface area contributed by atoms with Crippen LogP contribution in [0.5, 0.6) is 0 Å². The Labute approximate surface area is 103 Å². The van der Waals surface area contributed by atoms with Crippen molar-refractivity contribution in [2.45, 2.75) is 6.54 Å². The van der Waals surface area contributed by atoms with E-state index in [0.717, 1.165) is 9.35 Å². The molecule has 2 aromatic heterocycles. The Morgan fingerprint density at radius 3 is 3.07 bits per heavy atom. The minimum absolute atomic E-state index is 0.00752. The second-order valence-electron chi connectivity index (χ2n) is 2.88. The zero-order valence-electron chi connectivity index (χ0n) is 7.48. The number of nitrogens with zero attached hydrogens (tertiary/aromatic N) is 2. The van der Waals surface area contributed by atoms with Crippen LogP contribution in [-0.4, -0.2) is 9.55 Å². The lowest BCUT2D eigenvalue weighted by molar-refractivity contribution is 0.758. The Morgan fingerprint density at radius 2 is 2.40 bits per heavy atom. The van der Waals surface area contributed by atoms with Gasteiger partial charge < -0.3 is 4.57 Å². The maximum atomic E-state index is 11.5. The van der Waals surface area contributed by atoms with Crippen molar-refractivity contribution in [3.05, 3.63) is 48.7 Å². The topological polar surface area (TPSA) is 34.9 Å². The smallest absolute Gasteiger partial charge is 0.288 e. The molecule has 2 aromatic rings. The zero-order chi connectivity index (χ0) is 10.8. The van der Waals surface area contributed by atoms with Crippen molar-refractivity contribution in [3.63, 3.8) is 0 Å². The van der Waals surface area contributed by atoms with Gasteiger partial charge in [-0.3, -0.25) is 4.79 Å². The largest absolute Gasteiger partial charge is 0.306 e. The third-order valence-corrected chi connectivity index (χ3v) is 3.76. The highest BCUT2D eigenvalue weighted by Crippen LogP contribution is 2.20. The average molecular weight is 306 g/mol.